The highest BCUT2D eigenvalue weighted by molar-refractivity contribution is 5.95. The average molecular weight is 258 g/mol. The van der Waals surface area contributed by atoms with Crippen LogP contribution in [-0.2, 0) is 0 Å². The number of nitrogens with one attached hydrogen (secondary N) is 1. The van der Waals surface area contributed by atoms with Crippen molar-refractivity contribution in [3.05, 3.63) is 53.9 Å². The number of pyridine rings is 1. The molecule has 1 aromatic heterocycles. The summed E-state index contributed by atoms with van der Waals surface area (Å²) >= 11 is 0. The number of carbonyl (C=O) groups is 2. The van der Waals surface area contributed by atoms with Crippen molar-refractivity contribution in [2.45, 2.75) is 0 Å². The van der Waals surface area contributed by atoms with E-state index in [0.29, 0.717) is 11.4 Å². The zero-order chi connectivity index (χ0) is 13.8. The summed E-state index contributed by atoms with van der Waals surface area (Å²) in [5.41, 5.74) is 0.908. The molecule has 0 bridgehead atoms. The SMILES string of the molecule is O=C(O)c1cc(Nc2ccncc2)cc(C(=O)O)c1. The van der Waals surface area contributed by atoms with Gasteiger partial charge < -0.3 is 15.5 Å². The Bertz CT molecular complexity index is 594. The van der Waals surface area contributed by atoms with Crippen molar-refractivity contribution in [2.24, 2.45) is 0 Å². The molecule has 96 valence electrons. The monoisotopic (exact) mass is 258 g/mol. The molecule has 0 fully saturated rings. The molecule has 0 atom stereocenters. The van der Waals surface area contributed by atoms with Crippen LogP contribution < -0.4 is 5.32 Å². The number of aromatic carboxylic acids is 2. The van der Waals surface area contributed by atoms with Gasteiger partial charge in [-0.15, -0.1) is 0 Å². The van der Waals surface area contributed by atoms with Crippen LogP contribution in [0.15, 0.2) is 42.7 Å². The molecule has 0 aliphatic rings. The molecular formula is C13H10N2O4. The number of nitrogens with zero attached hydrogens (tertiary/aromatic N) is 1. The standard InChI is InChI=1S/C13H10N2O4/c16-12(17)8-5-9(13(18)19)7-11(6-8)15-10-1-3-14-4-2-10/h1-7H,(H,14,15)(H,16,17)(H,18,19). The molecular weight excluding hydrogens is 248 g/mol. The van der Waals surface area contributed by atoms with Gasteiger partial charge in [-0.1, -0.05) is 0 Å². The second-order valence-corrected chi connectivity index (χ2v) is 3.77. The summed E-state index contributed by atoms with van der Waals surface area (Å²) in [6.45, 7) is 0. The van der Waals surface area contributed by atoms with E-state index in [2.05, 4.69) is 10.3 Å². The number of rotatable bonds is 4. The third-order valence-electron chi connectivity index (χ3n) is 2.40. The second-order valence-electron chi connectivity index (χ2n) is 3.77. The van der Waals surface area contributed by atoms with Gasteiger partial charge in [0.1, 0.15) is 0 Å². The molecule has 19 heavy (non-hydrogen) atoms. The van der Waals surface area contributed by atoms with Crippen LogP contribution in [0.4, 0.5) is 11.4 Å². The quantitative estimate of drug-likeness (QED) is 0.777. The first-order chi connectivity index (χ1) is 9.06. The molecule has 0 saturated carbocycles. The Kier molecular flexibility index (Phi) is 3.42. The Morgan fingerprint density at radius 2 is 1.42 bits per heavy atom. The van der Waals surface area contributed by atoms with Crippen LogP contribution in [0, 0.1) is 0 Å². The van der Waals surface area contributed by atoms with E-state index in [1.165, 1.54) is 12.1 Å². The van der Waals surface area contributed by atoms with Gasteiger partial charge in [-0.25, -0.2) is 9.59 Å². The Morgan fingerprint density at radius 1 is 0.895 bits per heavy atom. The highest BCUT2D eigenvalue weighted by atomic mass is 16.4. The van der Waals surface area contributed by atoms with Gasteiger partial charge in [0, 0.05) is 23.8 Å². The molecule has 0 radical (unpaired) electrons. The maximum atomic E-state index is 10.9. The van der Waals surface area contributed by atoms with E-state index in [0.717, 1.165) is 6.07 Å². The van der Waals surface area contributed by atoms with Gasteiger partial charge in [-0.05, 0) is 30.3 Å². The molecule has 2 aromatic rings. The van der Waals surface area contributed by atoms with E-state index in [9.17, 15) is 9.59 Å². The summed E-state index contributed by atoms with van der Waals surface area (Å²) in [5.74, 6) is -2.36. The summed E-state index contributed by atoms with van der Waals surface area (Å²) < 4.78 is 0. The molecule has 0 aliphatic heterocycles. The number of carboxylic acids is 2. The van der Waals surface area contributed by atoms with Crippen molar-refractivity contribution in [1.29, 1.82) is 0 Å². The summed E-state index contributed by atoms with van der Waals surface area (Å²) in [5, 5.41) is 20.8. The van der Waals surface area contributed by atoms with E-state index >= 15 is 0 Å². The lowest BCUT2D eigenvalue weighted by Crippen LogP contribution is -2.04. The second kappa shape index (κ2) is 5.18. The Labute approximate surface area is 108 Å². The van der Waals surface area contributed by atoms with Crippen molar-refractivity contribution < 1.29 is 19.8 Å². The van der Waals surface area contributed by atoms with Gasteiger partial charge in [0.15, 0.2) is 0 Å². The maximum Gasteiger partial charge on any atom is 0.335 e. The average Bonchev–Trinajstić information content (AvgIpc) is 2.39. The number of benzene rings is 1. The largest absolute Gasteiger partial charge is 0.478 e. The fourth-order valence-electron chi connectivity index (χ4n) is 1.55. The molecule has 6 nitrogen and oxygen atoms in total. The minimum absolute atomic E-state index is 0.0866. The van der Waals surface area contributed by atoms with Gasteiger partial charge >= 0.3 is 11.9 Å². The van der Waals surface area contributed by atoms with Gasteiger partial charge in [-0.3, -0.25) is 4.98 Å². The Balaban J connectivity index is 2.39. The Hall–Kier alpha value is -2.89. The molecule has 6 heteroatoms. The lowest BCUT2D eigenvalue weighted by molar-refractivity contribution is 0.0696. The first kappa shape index (κ1) is 12.6. The number of aromatic nitrogens is 1. The summed E-state index contributed by atoms with van der Waals surface area (Å²) in [6, 6.07) is 7.23. The zero-order valence-corrected chi connectivity index (χ0v) is 9.70. The minimum Gasteiger partial charge on any atom is -0.478 e. The fourth-order valence-corrected chi connectivity index (χ4v) is 1.55. The molecule has 0 unspecified atom stereocenters. The van der Waals surface area contributed by atoms with Crippen molar-refractivity contribution >= 4 is 23.3 Å². The first-order valence-electron chi connectivity index (χ1n) is 5.35. The smallest absolute Gasteiger partial charge is 0.335 e. The fraction of sp³-hybridized carbons (Fsp3) is 0. The predicted octanol–water partition coefficient (Wildman–Crippen LogP) is 2.22. The third kappa shape index (κ3) is 3.06. The summed E-state index contributed by atoms with van der Waals surface area (Å²) in [6.07, 6.45) is 3.14. The molecule has 0 saturated heterocycles. The molecule has 1 aromatic carbocycles. The lowest BCUT2D eigenvalue weighted by atomic mass is 10.1. The number of hydrogen-bond donors (Lipinski definition) is 3. The van der Waals surface area contributed by atoms with Crippen molar-refractivity contribution in [2.75, 3.05) is 5.32 Å². The van der Waals surface area contributed by atoms with Gasteiger partial charge in [0.05, 0.1) is 11.1 Å². The summed E-state index contributed by atoms with van der Waals surface area (Å²) in [4.78, 5) is 25.7. The third-order valence-corrected chi connectivity index (χ3v) is 2.40. The van der Waals surface area contributed by atoms with Gasteiger partial charge in [0.2, 0.25) is 0 Å². The number of anilines is 2. The molecule has 0 aliphatic carbocycles. The van der Waals surface area contributed by atoms with Gasteiger partial charge in [0.25, 0.3) is 0 Å². The van der Waals surface area contributed by atoms with E-state index < -0.39 is 11.9 Å². The predicted molar refractivity (Wildman–Crippen MR) is 67.9 cm³/mol. The number of hydrogen-bond acceptors (Lipinski definition) is 4. The molecule has 2 rings (SSSR count). The molecule has 1 heterocycles. The lowest BCUT2D eigenvalue weighted by Gasteiger charge is -2.08. The van der Waals surface area contributed by atoms with Crippen LogP contribution in [0.2, 0.25) is 0 Å². The van der Waals surface area contributed by atoms with E-state index in [4.69, 9.17) is 10.2 Å². The van der Waals surface area contributed by atoms with E-state index in [1.807, 2.05) is 0 Å². The van der Waals surface area contributed by atoms with Crippen LogP contribution in [0.3, 0.4) is 0 Å². The number of carboxylic acid groups (broad SMARTS) is 2. The Morgan fingerprint density at radius 3 is 1.89 bits per heavy atom. The van der Waals surface area contributed by atoms with Crippen molar-refractivity contribution in [1.82, 2.24) is 4.98 Å². The van der Waals surface area contributed by atoms with E-state index in [1.54, 1.807) is 24.5 Å². The normalized spacial score (nSPS) is 9.89. The van der Waals surface area contributed by atoms with Crippen LogP contribution in [0.25, 0.3) is 0 Å². The highest BCUT2D eigenvalue weighted by Crippen LogP contribution is 2.19. The molecule has 0 spiro atoms. The van der Waals surface area contributed by atoms with Crippen LogP contribution >= 0.6 is 0 Å². The van der Waals surface area contributed by atoms with Crippen molar-refractivity contribution in [3.63, 3.8) is 0 Å². The van der Waals surface area contributed by atoms with Crippen LogP contribution in [0.1, 0.15) is 20.7 Å². The topological polar surface area (TPSA) is 99.5 Å². The minimum atomic E-state index is -1.18. The molecule has 3 N–H and O–H groups in total. The zero-order valence-electron chi connectivity index (χ0n) is 9.70. The van der Waals surface area contributed by atoms with Crippen molar-refractivity contribution in [3.8, 4) is 0 Å². The van der Waals surface area contributed by atoms with Gasteiger partial charge in [-0.2, -0.15) is 0 Å². The molecule has 0 amide bonds. The highest BCUT2D eigenvalue weighted by Gasteiger charge is 2.11. The van der Waals surface area contributed by atoms with Crippen LogP contribution in [0.5, 0.6) is 0 Å². The van der Waals surface area contributed by atoms with Crippen LogP contribution in [-0.4, -0.2) is 27.1 Å². The summed E-state index contributed by atoms with van der Waals surface area (Å²) in [7, 11) is 0. The maximum absolute atomic E-state index is 10.9. The van der Waals surface area contributed by atoms with E-state index in [-0.39, 0.29) is 11.1 Å². The first-order valence-corrected chi connectivity index (χ1v) is 5.35.